The van der Waals surface area contributed by atoms with E-state index in [0.717, 1.165) is 16.6 Å². The minimum absolute atomic E-state index is 0.177. The maximum atomic E-state index is 5.90. The van der Waals surface area contributed by atoms with Crippen molar-refractivity contribution in [1.82, 2.24) is 5.32 Å². The number of hydrogen-bond donors (Lipinski definition) is 2. The quantitative estimate of drug-likeness (QED) is 0.492. The van der Waals surface area contributed by atoms with Crippen LogP contribution in [0.25, 0.3) is 0 Å². The lowest BCUT2D eigenvalue weighted by atomic mass is 9.64. The number of nitrogens with zero attached hydrogens (tertiary/aromatic N) is 1. The molecular formula is C16H22BrN3. The Morgan fingerprint density at radius 3 is 2.55 bits per heavy atom. The molecule has 1 aromatic rings. The van der Waals surface area contributed by atoms with Gasteiger partial charge in [-0.15, -0.1) is 0 Å². The van der Waals surface area contributed by atoms with E-state index in [4.69, 9.17) is 5.73 Å². The Bertz CT molecular complexity index is 501. The zero-order valence-corrected chi connectivity index (χ0v) is 13.5. The van der Waals surface area contributed by atoms with Crippen molar-refractivity contribution in [3.05, 3.63) is 46.5 Å². The molecule has 0 radical (unpaired) electrons. The third kappa shape index (κ3) is 3.63. The first kappa shape index (κ1) is 15.1. The Kier molecular flexibility index (Phi) is 4.86. The Balaban J connectivity index is 2.03. The summed E-state index contributed by atoms with van der Waals surface area (Å²) < 4.78 is 1.11. The van der Waals surface area contributed by atoms with Crippen LogP contribution in [-0.4, -0.2) is 19.0 Å². The molecule has 20 heavy (non-hydrogen) atoms. The lowest BCUT2D eigenvalue weighted by Crippen LogP contribution is -2.40. The molecule has 1 aromatic carbocycles. The zero-order chi connectivity index (χ0) is 14.6. The molecule has 0 unspecified atom stereocenters. The average molecular weight is 336 g/mol. The molecule has 1 aliphatic rings. The number of rotatable bonds is 5. The van der Waals surface area contributed by atoms with Crippen molar-refractivity contribution in [1.29, 1.82) is 0 Å². The summed E-state index contributed by atoms with van der Waals surface area (Å²) in [5.74, 6) is 0.511. The highest BCUT2D eigenvalue weighted by Gasteiger charge is 2.38. The highest BCUT2D eigenvalue weighted by molar-refractivity contribution is 9.10. The largest absolute Gasteiger partial charge is 0.370 e. The van der Waals surface area contributed by atoms with Crippen LogP contribution in [0.3, 0.4) is 0 Å². The Hall–Kier alpha value is -1.29. The number of aliphatic imine (C=N–C) groups is 1. The van der Waals surface area contributed by atoms with E-state index >= 15 is 0 Å². The topological polar surface area (TPSA) is 50.4 Å². The number of halogens is 1. The van der Waals surface area contributed by atoms with Crippen LogP contribution in [0.5, 0.6) is 0 Å². The Morgan fingerprint density at radius 2 is 2.05 bits per heavy atom. The minimum atomic E-state index is 0.177. The van der Waals surface area contributed by atoms with Crippen LogP contribution in [0.2, 0.25) is 0 Å². The van der Waals surface area contributed by atoms with Crippen LogP contribution in [0.15, 0.2) is 45.9 Å². The molecule has 3 nitrogen and oxygen atoms in total. The van der Waals surface area contributed by atoms with Crippen LogP contribution >= 0.6 is 15.9 Å². The van der Waals surface area contributed by atoms with Crippen LogP contribution in [0, 0.1) is 0 Å². The normalized spacial score (nSPS) is 17.4. The molecule has 0 amide bonds. The predicted molar refractivity (Wildman–Crippen MR) is 89.0 cm³/mol. The molecular weight excluding hydrogens is 314 g/mol. The van der Waals surface area contributed by atoms with E-state index in [9.17, 15) is 0 Å². The lowest BCUT2D eigenvalue weighted by Gasteiger charge is -2.41. The van der Waals surface area contributed by atoms with E-state index < -0.39 is 0 Å². The van der Waals surface area contributed by atoms with Crippen molar-refractivity contribution in [2.45, 2.75) is 31.6 Å². The summed E-state index contributed by atoms with van der Waals surface area (Å²) in [4.78, 5) is 4.52. The molecule has 0 saturated heterocycles. The molecule has 0 spiro atoms. The van der Waals surface area contributed by atoms with Gasteiger partial charge >= 0.3 is 0 Å². The first-order valence-electron chi connectivity index (χ1n) is 6.96. The van der Waals surface area contributed by atoms with E-state index in [2.05, 4.69) is 57.1 Å². The second-order valence-electron chi connectivity index (χ2n) is 5.65. The predicted octanol–water partition coefficient (Wildman–Crippen LogP) is 3.35. The highest BCUT2D eigenvalue weighted by atomic mass is 79.9. The second kappa shape index (κ2) is 6.44. The molecule has 4 heteroatoms. The standard InChI is InChI=1S/C16H22BrN3/c1-12(2)10-19-15(18)20-11-16(8-3-9-16)13-4-6-14(17)7-5-13/h4-7H,1,3,8-11H2,2H3,(H3,18,19,20). The number of nitrogens with one attached hydrogen (secondary N) is 1. The van der Waals surface area contributed by atoms with Gasteiger partial charge in [-0.05, 0) is 37.5 Å². The van der Waals surface area contributed by atoms with Gasteiger partial charge in [0, 0.05) is 16.4 Å². The minimum Gasteiger partial charge on any atom is -0.370 e. The fourth-order valence-corrected chi connectivity index (χ4v) is 2.74. The first-order valence-corrected chi connectivity index (χ1v) is 7.75. The van der Waals surface area contributed by atoms with Gasteiger partial charge in [0.2, 0.25) is 0 Å². The van der Waals surface area contributed by atoms with Crippen molar-refractivity contribution in [2.75, 3.05) is 13.1 Å². The van der Waals surface area contributed by atoms with E-state index in [1.807, 2.05) is 6.92 Å². The Morgan fingerprint density at radius 1 is 1.40 bits per heavy atom. The van der Waals surface area contributed by atoms with Crippen LogP contribution in [-0.2, 0) is 5.41 Å². The SMILES string of the molecule is C=C(C)CNC(N)=NCC1(c2ccc(Br)cc2)CCC1. The number of hydrogen-bond acceptors (Lipinski definition) is 1. The molecule has 1 aliphatic carbocycles. The van der Waals surface area contributed by atoms with E-state index in [-0.39, 0.29) is 5.41 Å². The molecule has 108 valence electrons. The third-order valence-corrected chi connectivity index (χ3v) is 4.42. The summed E-state index contributed by atoms with van der Waals surface area (Å²) in [6.45, 7) is 7.24. The molecule has 3 N–H and O–H groups in total. The average Bonchev–Trinajstić information content (AvgIpc) is 2.37. The van der Waals surface area contributed by atoms with Gasteiger partial charge in [0.1, 0.15) is 0 Å². The van der Waals surface area contributed by atoms with Gasteiger partial charge in [0.15, 0.2) is 5.96 Å². The number of guanidine groups is 1. The molecule has 0 heterocycles. The monoisotopic (exact) mass is 335 g/mol. The summed E-state index contributed by atoms with van der Waals surface area (Å²) in [7, 11) is 0. The molecule has 1 fully saturated rings. The number of nitrogens with two attached hydrogens (primary N) is 1. The van der Waals surface area contributed by atoms with Crippen LogP contribution < -0.4 is 11.1 Å². The summed E-state index contributed by atoms with van der Waals surface area (Å²) in [5, 5.41) is 3.08. The van der Waals surface area contributed by atoms with Gasteiger partial charge in [-0.25, -0.2) is 0 Å². The van der Waals surface area contributed by atoms with E-state index in [1.165, 1.54) is 24.8 Å². The smallest absolute Gasteiger partial charge is 0.188 e. The van der Waals surface area contributed by atoms with Gasteiger partial charge in [-0.3, -0.25) is 4.99 Å². The van der Waals surface area contributed by atoms with Gasteiger partial charge in [0.25, 0.3) is 0 Å². The lowest BCUT2D eigenvalue weighted by molar-refractivity contribution is 0.253. The fourth-order valence-electron chi connectivity index (χ4n) is 2.48. The van der Waals surface area contributed by atoms with Gasteiger partial charge in [-0.1, -0.05) is 46.6 Å². The van der Waals surface area contributed by atoms with Gasteiger partial charge in [0.05, 0.1) is 6.54 Å². The Labute approximate surface area is 129 Å². The molecule has 2 rings (SSSR count). The molecule has 0 atom stereocenters. The summed E-state index contributed by atoms with van der Waals surface area (Å²) in [5.41, 5.74) is 8.49. The maximum absolute atomic E-state index is 5.90. The van der Waals surface area contributed by atoms with Gasteiger partial charge < -0.3 is 11.1 Å². The van der Waals surface area contributed by atoms with E-state index in [0.29, 0.717) is 12.5 Å². The highest BCUT2D eigenvalue weighted by Crippen LogP contribution is 2.44. The fraction of sp³-hybridized carbons (Fsp3) is 0.438. The molecule has 0 aromatic heterocycles. The van der Waals surface area contributed by atoms with Crippen molar-refractivity contribution < 1.29 is 0 Å². The molecule has 1 saturated carbocycles. The second-order valence-corrected chi connectivity index (χ2v) is 6.57. The maximum Gasteiger partial charge on any atom is 0.188 e. The summed E-state index contributed by atoms with van der Waals surface area (Å²) in [6.07, 6.45) is 3.64. The number of benzene rings is 1. The first-order chi connectivity index (χ1) is 9.52. The van der Waals surface area contributed by atoms with Crippen molar-refractivity contribution in [3.63, 3.8) is 0 Å². The van der Waals surface area contributed by atoms with Crippen molar-refractivity contribution in [3.8, 4) is 0 Å². The van der Waals surface area contributed by atoms with Gasteiger partial charge in [-0.2, -0.15) is 0 Å². The molecule has 0 aliphatic heterocycles. The summed E-state index contributed by atoms with van der Waals surface area (Å²) in [6, 6.07) is 8.58. The summed E-state index contributed by atoms with van der Waals surface area (Å²) >= 11 is 3.48. The zero-order valence-electron chi connectivity index (χ0n) is 12.0. The van der Waals surface area contributed by atoms with Crippen molar-refractivity contribution >= 4 is 21.9 Å². The van der Waals surface area contributed by atoms with Crippen LogP contribution in [0.4, 0.5) is 0 Å². The van der Waals surface area contributed by atoms with Crippen LogP contribution in [0.1, 0.15) is 31.7 Å². The van der Waals surface area contributed by atoms with E-state index in [1.54, 1.807) is 0 Å². The third-order valence-electron chi connectivity index (χ3n) is 3.89. The van der Waals surface area contributed by atoms with Crippen molar-refractivity contribution in [2.24, 2.45) is 10.7 Å². The molecule has 0 bridgehead atoms.